The van der Waals surface area contributed by atoms with Crippen LogP contribution in [0.25, 0.3) is 0 Å². The summed E-state index contributed by atoms with van der Waals surface area (Å²) in [6.07, 6.45) is 0. The first-order chi connectivity index (χ1) is 5.91. The van der Waals surface area contributed by atoms with E-state index in [9.17, 15) is 8.42 Å². The SMILES string of the molecule is CN(c1ccc(Cl)cc1)S(N)(=O)=O. The molecule has 0 bridgehead atoms. The van der Waals surface area contributed by atoms with Gasteiger partial charge in [-0.3, -0.25) is 4.31 Å². The van der Waals surface area contributed by atoms with Crippen LogP contribution in [0.4, 0.5) is 5.69 Å². The highest BCUT2D eigenvalue weighted by Gasteiger charge is 2.11. The van der Waals surface area contributed by atoms with E-state index in [4.69, 9.17) is 16.7 Å². The second kappa shape index (κ2) is 3.53. The van der Waals surface area contributed by atoms with Crippen LogP contribution < -0.4 is 9.44 Å². The molecule has 0 aliphatic carbocycles. The fourth-order valence-corrected chi connectivity index (χ4v) is 1.34. The molecule has 0 unspecified atom stereocenters. The Morgan fingerprint density at radius 1 is 1.31 bits per heavy atom. The van der Waals surface area contributed by atoms with Gasteiger partial charge in [0, 0.05) is 12.1 Å². The summed E-state index contributed by atoms with van der Waals surface area (Å²) in [5, 5.41) is 5.46. The second-order valence-corrected chi connectivity index (χ2v) is 4.50. The molecule has 0 aliphatic heterocycles. The Labute approximate surface area is 82.1 Å². The summed E-state index contributed by atoms with van der Waals surface area (Å²) >= 11 is 5.63. The number of rotatable bonds is 2. The van der Waals surface area contributed by atoms with E-state index in [1.165, 1.54) is 7.05 Å². The molecule has 0 fully saturated rings. The molecule has 0 radical (unpaired) electrons. The number of benzene rings is 1. The van der Waals surface area contributed by atoms with Crippen LogP contribution in [0.2, 0.25) is 5.02 Å². The van der Waals surface area contributed by atoms with Gasteiger partial charge in [-0.15, -0.1) is 0 Å². The molecule has 2 N–H and O–H groups in total. The minimum Gasteiger partial charge on any atom is -0.261 e. The number of nitrogens with two attached hydrogens (primary N) is 1. The van der Waals surface area contributed by atoms with Gasteiger partial charge in [-0.25, -0.2) is 5.14 Å². The third-order valence-electron chi connectivity index (χ3n) is 1.57. The molecule has 72 valence electrons. The van der Waals surface area contributed by atoms with Gasteiger partial charge in [0.05, 0.1) is 5.69 Å². The maximum atomic E-state index is 10.9. The molecular weight excluding hydrogens is 212 g/mol. The summed E-state index contributed by atoms with van der Waals surface area (Å²) in [6.45, 7) is 0. The number of nitrogens with zero attached hydrogens (tertiary/aromatic N) is 1. The van der Waals surface area contributed by atoms with Crippen molar-refractivity contribution < 1.29 is 8.42 Å². The van der Waals surface area contributed by atoms with E-state index in [1.807, 2.05) is 0 Å². The van der Waals surface area contributed by atoms with Crippen LogP contribution >= 0.6 is 11.6 Å². The Morgan fingerprint density at radius 2 is 1.77 bits per heavy atom. The summed E-state index contributed by atoms with van der Waals surface area (Å²) in [5.74, 6) is 0. The molecule has 13 heavy (non-hydrogen) atoms. The number of hydrogen-bond acceptors (Lipinski definition) is 2. The van der Waals surface area contributed by atoms with Crippen molar-refractivity contribution in [3.8, 4) is 0 Å². The predicted octanol–water partition coefficient (Wildman–Crippen LogP) is 0.980. The van der Waals surface area contributed by atoms with Crippen LogP contribution in [0.1, 0.15) is 0 Å². The van der Waals surface area contributed by atoms with Crippen molar-refractivity contribution >= 4 is 27.5 Å². The monoisotopic (exact) mass is 220 g/mol. The van der Waals surface area contributed by atoms with Crippen molar-refractivity contribution in [1.29, 1.82) is 0 Å². The third-order valence-corrected chi connectivity index (χ3v) is 2.80. The molecule has 1 rings (SSSR count). The van der Waals surface area contributed by atoms with Crippen LogP contribution in [-0.2, 0) is 10.2 Å². The number of halogens is 1. The van der Waals surface area contributed by atoms with Crippen molar-refractivity contribution in [1.82, 2.24) is 0 Å². The molecule has 0 heterocycles. The van der Waals surface area contributed by atoms with Gasteiger partial charge in [0.1, 0.15) is 0 Å². The summed E-state index contributed by atoms with van der Waals surface area (Å²) in [5.41, 5.74) is 0.479. The lowest BCUT2D eigenvalue weighted by atomic mass is 10.3. The quantitative estimate of drug-likeness (QED) is 0.808. The summed E-state index contributed by atoms with van der Waals surface area (Å²) in [7, 11) is -2.30. The molecule has 0 saturated heterocycles. The Bertz CT molecular complexity index is 387. The lowest BCUT2D eigenvalue weighted by molar-refractivity contribution is 0.596. The molecule has 0 spiro atoms. The van der Waals surface area contributed by atoms with Crippen molar-refractivity contribution in [3.05, 3.63) is 29.3 Å². The van der Waals surface area contributed by atoms with E-state index < -0.39 is 10.2 Å². The molecule has 0 atom stereocenters. The topological polar surface area (TPSA) is 63.4 Å². The molecular formula is C7H9ClN2O2S. The van der Waals surface area contributed by atoms with Gasteiger partial charge < -0.3 is 0 Å². The van der Waals surface area contributed by atoms with Gasteiger partial charge in [0.2, 0.25) is 0 Å². The minimum atomic E-state index is -3.68. The van der Waals surface area contributed by atoms with E-state index in [2.05, 4.69) is 0 Å². The normalized spacial score (nSPS) is 11.3. The van der Waals surface area contributed by atoms with Gasteiger partial charge in [0.25, 0.3) is 10.2 Å². The summed E-state index contributed by atoms with van der Waals surface area (Å²) in [4.78, 5) is 0. The maximum absolute atomic E-state index is 10.9. The van der Waals surface area contributed by atoms with Crippen LogP contribution in [0.15, 0.2) is 24.3 Å². The fraction of sp³-hybridized carbons (Fsp3) is 0.143. The first kappa shape index (κ1) is 10.3. The average Bonchev–Trinajstić information content (AvgIpc) is 2.03. The molecule has 0 saturated carbocycles. The molecule has 4 nitrogen and oxygen atoms in total. The first-order valence-electron chi connectivity index (χ1n) is 3.43. The van der Waals surface area contributed by atoms with E-state index in [1.54, 1.807) is 24.3 Å². The van der Waals surface area contributed by atoms with Crippen LogP contribution in [-0.4, -0.2) is 15.5 Å². The molecule has 6 heteroatoms. The molecule has 1 aromatic rings. The van der Waals surface area contributed by atoms with E-state index in [0.29, 0.717) is 10.7 Å². The predicted molar refractivity (Wildman–Crippen MR) is 53.0 cm³/mol. The lowest BCUT2D eigenvalue weighted by Gasteiger charge is -2.15. The van der Waals surface area contributed by atoms with E-state index in [0.717, 1.165) is 4.31 Å². The first-order valence-corrected chi connectivity index (χ1v) is 5.31. The van der Waals surface area contributed by atoms with Gasteiger partial charge in [-0.1, -0.05) is 11.6 Å². The highest BCUT2D eigenvalue weighted by molar-refractivity contribution is 7.90. The van der Waals surface area contributed by atoms with Crippen molar-refractivity contribution in [3.63, 3.8) is 0 Å². The van der Waals surface area contributed by atoms with Crippen LogP contribution in [0, 0.1) is 0 Å². The van der Waals surface area contributed by atoms with Crippen molar-refractivity contribution in [2.75, 3.05) is 11.4 Å². The summed E-state index contributed by atoms with van der Waals surface area (Å²) in [6, 6.07) is 6.34. The number of hydrogen-bond donors (Lipinski definition) is 1. The summed E-state index contributed by atoms with van der Waals surface area (Å²) < 4.78 is 22.8. The number of anilines is 1. The van der Waals surface area contributed by atoms with Gasteiger partial charge in [-0.05, 0) is 24.3 Å². The Morgan fingerprint density at radius 3 is 2.15 bits per heavy atom. The van der Waals surface area contributed by atoms with E-state index >= 15 is 0 Å². The zero-order chi connectivity index (χ0) is 10.1. The smallest absolute Gasteiger partial charge is 0.261 e. The van der Waals surface area contributed by atoms with Crippen molar-refractivity contribution in [2.24, 2.45) is 5.14 Å². The molecule has 0 amide bonds. The van der Waals surface area contributed by atoms with E-state index in [-0.39, 0.29) is 0 Å². The second-order valence-electron chi connectivity index (χ2n) is 2.49. The van der Waals surface area contributed by atoms with Crippen LogP contribution in [0.5, 0.6) is 0 Å². The Balaban J connectivity index is 3.04. The molecule has 0 aromatic heterocycles. The Hall–Kier alpha value is -0.780. The largest absolute Gasteiger partial charge is 0.298 e. The molecule has 1 aromatic carbocycles. The van der Waals surface area contributed by atoms with Crippen LogP contribution in [0.3, 0.4) is 0 Å². The average molecular weight is 221 g/mol. The standard InChI is InChI=1S/C7H9ClN2O2S/c1-10(13(9,11)12)7-4-2-6(8)3-5-7/h2-5H,1H3,(H2,9,11,12). The zero-order valence-electron chi connectivity index (χ0n) is 6.94. The highest BCUT2D eigenvalue weighted by atomic mass is 35.5. The van der Waals surface area contributed by atoms with Gasteiger partial charge >= 0.3 is 0 Å². The Kier molecular flexibility index (Phi) is 2.80. The maximum Gasteiger partial charge on any atom is 0.298 e. The minimum absolute atomic E-state index is 0.479. The fourth-order valence-electron chi connectivity index (χ4n) is 0.798. The van der Waals surface area contributed by atoms with Crippen molar-refractivity contribution in [2.45, 2.75) is 0 Å². The lowest BCUT2D eigenvalue weighted by Crippen LogP contribution is -2.32. The van der Waals surface area contributed by atoms with Gasteiger partial charge in [-0.2, -0.15) is 8.42 Å². The highest BCUT2D eigenvalue weighted by Crippen LogP contribution is 2.17. The van der Waals surface area contributed by atoms with Gasteiger partial charge in [0.15, 0.2) is 0 Å². The third kappa shape index (κ3) is 2.58. The zero-order valence-corrected chi connectivity index (χ0v) is 8.51. The molecule has 0 aliphatic rings.